The molecule has 8 heteroatoms. The van der Waals surface area contributed by atoms with E-state index in [-0.39, 0.29) is 12.3 Å². The summed E-state index contributed by atoms with van der Waals surface area (Å²) >= 11 is 4.69. The summed E-state index contributed by atoms with van der Waals surface area (Å²) in [4.78, 5) is 30.8. The number of halogens is 1. The molecular formula is C17H14BrN3O3S. The molecule has 0 aliphatic carbocycles. The summed E-state index contributed by atoms with van der Waals surface area (Å²) in [7, 11) is 1.32. The summed E-state index contributed by atoms with van der Waals surface area (Å²) in [6.45, 7) is 0. The van der Waals surface area contributed by atoms with Crippen molar-refractivity contribution in [3.8, 4) is 11.3 Å². The number of methoxy groups -OCH3 is 1. The summed E-state index contributed by atoms with van der Waals surface area (Å²) in [6, 6.07) is 9.24. The molecule has 3 aromatic rings. The van der Waals surface area contributed by atoms with E-state index >= 15 is 0 Å². The number of nitrogens with zero attached hydrogens (tertiary/aromatic N) is 1. The van der Waals surface area contributed by atoms with Crippen LogP contribution >= 0.6 is 27.3 Å². The number of carbonyl (C=O) groups excluding carboxylic acids is 2. The smallest absolute Gasteiger partial charge is 0.354 e. The molecule has 1 amide bonds. The fraction of sp³-hybridized carbons (Fsp3) is 0.118. The fourth-order valence-electron chi connectivity index (χ4n) is 2.18. The normalized spacial score (nSPS) is 10.5. The molecule has 0 spiro atoms. The molecular weight excluding hydrogens is 406 g/mol. The van der Waals surface area contributed by atoms with Gasteiger partial charge in [0.2, 0.25) is 5.91 Å². The Kier molecular flexibility index (Phi) is 5.30. The quantitative estimate of drug-likeness (QED) is 0.614. The van der Waals surface area contributed by atoms with Crippen LogP contribution in [0, 0.1) is 0 Å². The maximum absolute atomic E-state index is 12.1. The molecule has 0 aliphatic heterocycles. The number of rotatable bonds is 5. The highest BCUT2D eigenvalue weighted by molar-refractivity contribution is 9.10. The van der Waals surface area contributed by atoms with Crippen molar-refractivity contribution in [2.45, 2.75) is 6.42 Å². The van der Waals surface area contributed by atoms with Crippen molar-refractivity contribution in [3.05, 3.63) is 57.6 Å². The van der Waals surface area contributed by atoms with Gasteiger partial charge in [0.25, 0.3) is 0 Å². The van der Waals surface area contributed by atoms with Gasteiger partial charge < -0.3 is 15.0 Å². The fourth-order valence-corrected chi connectivity index (χ4v) is 3.19. The van der Waals surface area contributed by atoms with Gasteiger partial charge in [0.1, 0.15) is 5.69 Å². The van der Waals surface area contributed by atoms with Crippen molar-refractivity contribution >= 4 is 44.3 Å². The molecule has 3 rings (SSSR count). The average Bonchev–Trinajstić information content (AvgIpc) is 3.25. The third-order valence-corrected chi connectivity index (χ3v) is 4.70. The molecule has 0 fully saturated rings. The molecule has 0 saturated heterocycles. The molecule has 25 heavy (non-hydrogen) atoms. The number of H-pyrrole nitrogens is 1. The monoisotopic (exact) mass is 419 g/mol. The van der Waals surface area contributed by atoms with Crippen LogP contribution in [0.3, 0.4) is 0 Å². The highest BCUT2D eigenvalue weighted by atomic mass is 79.9. The van der Waals surface area contributed by atoms with Crippen LogP contribution in [0.5, 0.6) is 0 Å². The number of nitrogens with one attached hydrogen (secondary N) is 2. The molecule has 0 bridgehead atoms. The maximum atomic E-state index is 12.1. The van der Waals surface area contributed by atoms with E-state index < -0.39 is 5.97 Å². The molecule has 2 heterocycles. The van der Waals surface area contributed by atoms with E-state index in [1.807, 2.05) is 29.6 Å². The first kappa shape index (κ1) is 17.4. The summed E-state index contributed by atoms with van der Waals surface area (Å²) in [5, 5.41) is 5.12. The molecule has 0 aliphatic rings. The first-order chi connectivity index (χ1) is 12.0. The zero-order valence-electron chi connectivity index (χ0n) is 13.2. The van der Waals surface area contributed by atoms with Crippen LogP contribution < -0.4 is 5.32 Å². The second-order valence-electron chi connectivity index (χ2n) is 5.18. The predicted molar refractivity (Wildman–Crippen MR) is 99.7 cm³/mol. The number of anilines is 1. The van der Waals surface area contributed by atoms with Crippen molar-refractivity contribution < 1.29 is 14.3 Å². The lowest BCUT2D eigenvalue weighted by Gasteiger charge is -2.02. The van der Waals surface area contributed by atoms with Crippen molar-refractivity contribution in [2.75, 3.05) is 12.4 Å². The van der Waals surface area contributed by atoms with E-state index in [0.29, 0.717) is 16.5 Å². The number of thiazole rings is 1. The Morgan fingerprint density at radius 3 is 2.80 bits per heavy atom. The van der Waals surface area contributed by atoms with Crippen molar-refractivity contribution in [1.82, 2.24) is 9.97 Å². The largest absolute Gasteiger partial charge is 0.464 e. The van der Waals surface area contributed by atoms with Gasteiger partial charge in [-0.1, -0.05) is 28.1 Å². The van der Waals surface area contributed by atoms with Crippen LogP contribution in [0.2, 0.25) is 0 Å². The lowest BCUT2D eigenvalue weighted by Crippen LogP contribution is -2.14. The minimum absolute atomic E-state index is 0.132. The number of ether oxygens (including phenoxy) is 1. The predicted octanol–water partition coefficient (Wildman–Crippen LogP) is 3.87. The third-order valence-electron chi connectivity index (χ3n) is 3.41. The van der Waals surface area contributed by atoms with E-state index in [1.165, 1.54) is 18.4 Å². The summed E-state index contributed by atoms with van der Waals surface area (Å²) < 4.78 is 5.63. The van der Waals surface area contributed by atoms with Crippen LogP contribution in [0.4, 0.5) is 5.13 Å². The second kappa shape index (κ2) is 7.62. The Morgan fingerprint density at radius 1 is 1.32 bits per heavy atom. The molecule has 128 valence electrons. The Labute approximate surface area is 156 Å². The highest BCUT2D eigenvalue weighted by Crippen LogP contribution is 2.25. The SMILES string of the molecule is COC(=O)c1cc(-c2csc(NC(=O)Cc3ccc(Br)cc3)n2)c[nH]1. The minimum atomic E-state index is -0.440. The number of benzene rings is 1. The molecule has 0 radical (unpaired) electrons. The lowest BCUT2D eigenvalue weighted by atomic mass is 10.1. The summed E-state index contributed by atoms with van der Waals surface area (Å²) in [5.41, 5.74) is 2.71. The van der Waals surface area contributed by atoms with Crippen molar-refractivity contribution in [2.24, 2.45) is 0 Å². The molecule has 2 N–H and O–H groups in total. The average molecular weight is 420 g/mol. The molecule has 0 saturated carbocycles. The number of aromatic amines is 1. The number of hydrogen-bond donors (Lipinski definition) is 2. The van der Waals surface area contributed by atoms with Crippen LogP contribution in [-0.4, -0.2) is 29.0 Å². The van der Waals surface area contributed by atoms with Gasteiger partial charge in [-0.25, -0.2) is 9.78 Å². The Balaban J connectivity index is 1.65. The molecule has 2 aromatic heterocycles. The Hall–Kier alpha value is -2.45. The first-order valence-corrected chi connectivity index (χ1v) is 8.99. The first-order valence-electron chi connectivity index (χ1n) is 7.32. The van der Waals surface area contributed by atoms with E-state index in [4.69, 9.17) is 0 Å². The number of carbonyl (C=O) groups is 2. The van der Waals surface area contributed by atoms with Gasteiger partial charge in [-0.05, 0) is 23.8 Å². The number of esters is 1. The van der Waals surface area contributed by atoms with Crippen LogP contribution in [0.25, 0.3) is 11.3 Å². The van der Waals surface area contributed by atoms with Crippen LogP contribution in [-0.2, 0) is 16.0 Å². The van der Waals surface area contributed by atoms with E-state index in [1.54, 1.807) is 12.3 Å². The van der Waals surface area contributed by atoms with Gasteiger partial charge in [-0.3, -0.25) is 4.79 Å². The number of aromatic nitrogens is 2. The van der Waals surface area contributed by atoms with Crippen LogP contribution in [0.15, 0.2) is 46.4 Å². The summed E-state index contributed by atoms with van der Waals surface area (Å²) in [5.74, 6) is -0.572. The lowest BCUT2D eigenvalue weighted by molar-refractivity contribution is -0.115. The van der Waals surface area contributed by atoms with Gasteiger partial charge in [-0.15, -0.1) is 11.3 Å². The number of amides is 1. The van der Waals surface area contributed by atoms with Crippen LogP contribution in [0.1, 0.15) is 16.1 Å². The topological polar surface area (TPSA) is 84.1 Å². The highest BCUT2D eigenvalue weighted by Gasteiger charge is 2.13. The van der Waals surface area contributed by atoms with Crippen molar-refractivity contribution in [1.29, 1.82) is 0 Å². The van der Waals surface area contributed by atoms with Gasteiger partial charge in [0, 0.05) is 21.6 Å². The zero-order chi connectivity index (χ0) is 17.8. The van der Waals surface area contributed by atoms with E-state index in [0.717, 1.165) is 15.6 Å². The van der Waals surface area contributed by atoms with Gasteiger partial charge in [0.15, 0.2) is 5.13 Å². The second-order valence-corrected chi connectivity index (χ2v) is 6.96. The molecule has 1 aromatic carbocycles. The molecule has 6 nitrogen and oxygen atoms in total. The standard InChI is InChI=1S/C17H14BrN3O3S/c1-24-16(23)13-7-11(8-19-13)14-9-25-17(20-14)21-15(22)6-10-2-4-12(18)5-3-10/h2-5,7-9,19H,6H2,1H3,(H,20,21,22). The zero-order valence-corrected chi connectivity index (χ0v) is 15.6. The van der Waals surface area contributed by atoms with E-state index in [2.05, 4.69) is 36.0 Å². The minimum Gasteiger partial charge on any atom is -0.464 e. The maximum Gasteiger partial charge on any atom is 0.354 e. The number of hydrogen-bond acceptors (Lipinski definition) is 5. The molecule has 0 unspecified atom stereocenters. The Morgan fingerprint density at radius 2 is 2.08 bits per heavy atom. The molecule has 0 atom stereocenters. The summed E-state index contributed by atoms with van der Waals surface area (Å²) in [6.07, 6.45) is 1.95. The van der Waals surface area contributed by atoms with E-state index in [9.17, 15) is 9.59 Å². The van der Waals surface area contributed by atoms with Gasteiger partial charge >= 0.3 is 5.97 Å². The third kappa shape index (κ3) is 4.34. The van der Waals surface area contributed by atoms with Crippen molar-refractivity contribution in [3.63, 3.8) is 0 Å². The van der Waals surface area contributed by atoms with Gasteiger partial charge in [0.05, 0.1) is 19.2 Å². The van der Waals surface area contributed by atoms with Gasteiger partial charge in [-0.2, -0.15) is 0 Å². The Bertz CT molecular complexity index is 902.